The van der Waals surface area contributed by atoms with Crippen molar-refractivity contribution in [1.29, 1.82) is 0 Å². The minimum atomic E-state index is 0.188. The molecule has 0 atom stereocenters. The molecule has 0 fully saturated rings. The van der Waals surface area contributed by atoms with Crippen LogP contribution in [0, 0.1) is 5.92 Å². The molecule has 0 heterocycles. The maximum absolute atomic E-state index is 11.3. The lowest BCUT2D eigenvalue weighted by Gasteiger charge is -2.09. The van der Waals surface area contributed by atoms with Gasteiger partial charge in [0.05, 0.1) is 0 Å². The summed E-state index contributed by atoms with van der Waals surface area (Å²) >= 11 is 0. The normalized spacial score (nSPS) is 11.1. The van der Waals surface area contributed by atoms with Crippen molar-refractivity contribution in [2.45, 2.75) is 53.0 Å². The SMILES string of the molecule is CC(C)CNC(=O)CCCCNC(C)C. The summed E-state index contributed by atoms with van der Waals surface area (Å²) in [4.78, 5) is 11.3. The average Bonchev–Trinajstić information content (AvgIpc) is 2.13. The molecule has 3 heteroatoms. The number of unbranched alkanes of at least 4 members (excludes halogenated alkanes) is 1. The van der Waals surface area contributed by atoms with Gasteiger partial charge in [-0.15, -0.1) is 0 Å². The summed E-state index contributed by atoms with van der Waals surface area (Å²) in [5.41, 5.74) is 0. The summed E-state index contributed by atoms with van der Waals surface area (Å²) in [6, 6.07) is 0.541. The van der Waals surface area contributed by atoms with E-state index in [-0.39, 0.29) is 5.91 Å². The van der Waals surface area contributed by atoms with E-state index in [0.717, 1.165) is 25.9 Å². The largest absolute Gasteiger partial charge is 0.356 e. The van der Waals surface area contributed by atoms with E-state index in [1.165, 1.54) is 0 Å². The van der Waals surface area contributed by atoms with Crippen LogP contribution in [0.15, 0.2) is 0 Å². The van der Waals surface area contributed by atoms with E-state index in [0.29, 0.717) is 18.4 Å². The van der Waals surface area contributed by atoms with Gasteiger partial charge in [0.25, 0.3) is 0 Å². The molecule has 0 aliphatic rings. The second-order valence-electron chi connectivity index (χ2n) is 4.76. The smallest absolute Gasteiger partial charge is 0.220 e. The van der Waals surface area contributed by atoms with Crippen LogP contribution >= 0.6 is 0 Å². The highest BCUT2D eigenvalue weighted by Gasteiger charge is 2.01. The van der Waals surface area contributed by atoms with Crippen molar-refractivity contribution in [3.8, 4) is 0 Å². The molecular formula is C12H26N2O. The minimum absolute atomic E-state index is 0.188. The van der Waals surface area contributed by atoms with Crippen LogP contribution in [0.3, 0.4) is 0 Å². The predicted octanol–water partition coefficient (Wildman–Crippen LogP) is 1.93. The molecule has 0 aromatic rings. The highest BCUT2D eigenvalue weighted by Crippen LogP contribution is 1.95. The summed E-state index contributed by atoms with van der Waals surface area (Å²) in [6.07, 6.45) is 2.71. The lowest BCUT2D eigenvalue weighted by atomic mass is 10.2. The molecule has 0 saturated heterocycles. The first-order valence-electron chi connectivity index (χ1n) is 6.02. The van der Waals surface area contributed by atoms with E-state index in [1.54, 1.807) is 0 Å². The molecule has 0 rings (SSSR count). The Labute approximate surface area is 94.0 Å². The van der Waals surface area contributed by atoms with Crippen molar-refractivity contribution in [1.82, 2.24) is 10.6 Å². The van der Waals surface area contributed by atoms with Crippen LogP contribution in [0.2, 0.25) is 0 Å². The molecule has 15 heavy (non-hydrogen) atoms. The number of amides is 1. The van der Waals surface area contributed by atoms with Gasteiger partial charge in [-0.2, -0.15) is 0 Å². The van der Waals surface area contributed by atoms with Crippen LogP contribution in [0.1, 0.15) is 47.0 Å². The van der Waals surface area contributed by atoms with E-state index >= 15 is 0 Å². The van der Waals surface area contributed by atoms with Gasteiger partial charge >= 0.3 is 0 Å². The number of hydrogen-bond donors (Lipinski definition) is 2. The number of carbonyl (C=O) groups excluding carboxylic acids is 1. The Morgan fingerprint density at radius 2 is 1.80 bits per heavy atom. The first kappa shape index (κ1) is 14.4. The number of rotatable bonds is 8. The van der Waals surface area contributed by atoms with Gasteiger partial charge in [-0.25, -0.2) is 0 Å². The third-order valence-corrected chi connectivity index (χ3v) is 2.09. The molecule has 0 aromatic heterocycles. The van der Waals surface area contributed by atoms with Crippen molar-refractivity contribution >= 4 is 5.91 Å². The lowest BCUT2D eigenvalue weighted by Crippen LogP contribution is -2.27. The second-order valence-corrected chi connectivity index (χ2v) is 4.76. The summed E-state index contributed by atoms with van der Waals surface area (Å²) in [6.45, 7) is 10.3. The zero-order chi connectivity index (χ0) is 11.7. The Morgan fingerprint density at radius 1 is 1.13 bits per heavy atom. The molecular weight excluding hydrogens is 188 g/mol. The van der Waals surface area contributed by atoms with Gasteiger partial charge in [0, 0.05) is 19.0 Å². The first-order chi connectivity index (χ1) is 7.02. The first-order valence-corrected chi connectivity index (χ1v) is 6.02. The third kappa shape index (κ3) is 11.4. The number of nitrogens with one attached hydrogen (secondary N) is 2. The van der Waals surface area contributed by atoms with E-state index in [2.05, 4.69) is 38.3 Å². The maximum atomic E-state index is 11.3. The highest BCUT2D eigenvalue weighted by atomic mass is 16.1. The topological polar surface area (TPSA) is 41.1 Å². The van der Waals surface area contributed by atoms with Crippen LogP contribution in [0.5, 0.6) is 0 Å². The van der Waals surface area contributed by atoms with Crippen molar-refractivity contribution < 1.29 is 4.79 Å². The Morgan fingerprint density at radius 3 is 2.33 bits per heavy atom. The molecule has 0 radical (unpaired) electrons. The number of carbonyl (C=O) groups is 1. The lowest BCUT2D eigenvalue weighted by molar-refractivity contribution is -0.121. The monoisotopic (exact) mass is 214 g/mol. The van der Waals surface area contributed by atoms with Gasteiger partial charge < -0.3 is 10.6 Å². The van der Waals surface area contributed by atoms with Crippen molar-refractivity contribution in [3.05, 3.63) is 0 Å². The molecule has 0 unspecified atom stereocenters. The Balaban J connectivity index is 3.24. The predicted molar refractivity (Wildman–Crippen MR) is 64.8 cm³/mol. The van der Waals surface area contributed by atoms with E-state index in [9.17, 15) is 4.79 Å². The summed E-state index contributed by atoms with van der Waals surface area (Å²) in [5, 5.41) is 6.26. The summed E-state index contributed by atoms with van der Waals surface area (Å²) in [7, 11) is 0. The Hall–Kier alpha value is -0.570. The van der Waals surface area contributed by atoms with Crippen LogP contribution in [-0.2, 0) is 4.79 Å². The zero-order valence-corrected chi connectivity index (χ0v) is 10.6. The van der Waals surface area contributed by atoms with Gasteiger partial charge in [-0.05, 0) is 25.3 Å². The average molecular weight is 214 g/mol. The molecule has 2 N–H and O–H groups in total. The van der Waals surface area contributed by atoms with Crippen molar-refractivity contribution in [3.63, 3.8) is 0 Å². The molecule has 3 nitrogen and oxygen atoms in total. The van der Waals surface area contributed by atoms with Crippen LogP contribution in [-0.4, -0.2) is 25.0 Å². The number of hydrogen-bond acceptors (Lipinski definition) is 2. The second kappa shape index (κ2) is 8.72. The Kier molecular flexibility index (Phi) is 8.38. The van der Waals surface area contributed by atoms with E-state index in [4.69, 9.17) is 0 Å². The highest BCUT2D eigenvalue weighted by molar-refractivity contribution is 5.75. The summed E-state index contributed by atoms with van der Waals surface area (Å²) in [5.74, 6) is 0.727. The van der Waals surface area contributed by atoms with Gasteiger partial charge in [-0.1, -0.05) is 27.7 Å². The quantitative estimate of drug-likeness (QED) is 0.606. The fourth-order valence-corrected chi connectivity index (χ4v) is 1.21. The van der Waals surface area contributed by atoms with Crippen LogP contribution in [0.25, 0.3) is 0 Å². The van der Waals surface area contributed by atoms with E-state index in [1.807, 2.05) is 0 Å². The summed E-state index contributed by atoms with van der Waals surface area (Å²) < 4.78 is 0. The van der Waals surface area contributed by atoms with Gasteiger partial charge in [-0.3, -0.25) is 4.79 Å². The molecule has 0 aliphatic carbocycles. The molecule has 0 aromatic carbocycles. The zero-order valence-electron chi connectivity index (χ0n) is 10.6. The fourth-order valence-electron chi connectivity index (χ4n) is 1.21. The maximum Gasteiger partial charge on any atom is 0.220 e. The van der Waals surface area contributed by atoms with Crippen molar-refractivity contribution in [2.24, 2.45) is 5.92 Å². The van der Waals surface area contributed by atoms with Crippen LogP contribution in [0.4, 0.5) is 0 Å². The third-order valence-electron chi connectivity index (χ3n) is 2.09. The molecule has 0 bridgehead atoms. The fraction of sp³-hybridized carbons (Fsp3) is 0.917. The molecule has 0 saturated carbocycles. The molecule has 1 amide bonds. The standard InChI is InChI=1S/C12H26N2O/c1-10(2)9-14-12(15)7-5-6-8-13-11(3)4/h10-11,13H,5-9H2,1-4H3,(H,14,15). The van der Waals surface area contributed by atoms with Gasteiger partial charge in [0.15, 0.2) is 0 Å². The Bertz CT molecular complexity index is 167. The van der Waals surface area contributed by atoms with Gasteiger partial charge in [0.1, 0.15) is 0 Å². The molecule has 90 valence electrons. The van der Waals surface area contributed by atoms with E-state index < -0.39 is 0 Å². The minimum Gasteiger partial charge on any atom is -0.356 e. The van der Waals surface area contributed by atoms with Crippen LogP contribution < -0.4 is 10.6 Å². The molecule has 0 aliphatic heterocycles. The van der Waals surface area contributed by atoms with Gasteiger partial charge in [0.2, 0.25) is 5.91 Å². The molecule has 0 spiro atoms. The van der Waals surface area contributed by atoms with Crippen molar-refractivity contribution in [2.75, 3.05) is 13.1 Å².